The Hall–Kier alpha value is -1.55. The van der Waals surface area contributed by atoms with Crippen molar-refractivity contribution in [1.82, 2.24) is 10.2 Å². The van der Waals surface area contributed by atoms with E-state index in [4.69, 9.17) is 4.74 Å². The number of amides is 2. The number of halogens is 1. The molecule has 0 aromatic heterocycles. The van der Waals surface area contributed by atoms with Crippen molar-refractivity contribution in [3.63, 3.8) is 0 Å². The lowest BCUT2D eigenvalue weighted by atomic mass is 10.0. The van der Waals surface area contributed by atoms with Crippen LogP contribution in [0.3, 0.4) is 0 Å². The maximum absolute atomic E-state index is 12.5. The third-order valence-corrected chi connectivity index (χ3v) is 6.17. The normalized spacial score (nSPS) is 22.6. The monoisotopic (exact) mass is 458 g/mol. The Morgan fingerprint density at radius 1 is 1.38 bits per heavy atom. The summed E-state index contributed by atoms with van der Waals surface area (Å²) < 4.78 is 5.46. The quantitative estimate of drug-likeness (QED) is 0.321. The molecule has 6 nitrogen and oxygen atoms in total. The molecule has 2 aliphatic heterocycles. The molecule has 0 spiro atoms. The van der Waals surface area contributed by atoms with Gasteiger partial charge in [0, 0.05) is 15.7 Å². The number of carbonyl (C=O) groups is 3. The van der Waals surface area contributed by atoms with Crippen LogP contribution in [0.5, 0.6) is 0 Å². The van der Waals surface area contributed by atoms with Crippen LogP contribution in [0.25, 0.3) is 0 Å². The molecule has 3 rings (SSSR count). The first-order valence-corrected chi connectivity index (χ1v) is 9.82. The van der Waals surface area contributed by atoms with Crippen molar-refractivity contribution in [3.8, 4) is 0 Å². The van der Waals surface area contributed by atoms with Crippen LogP contribution in [0, 0.1) is 0 Å². The standard InChI is InChI=1S/C16H15IN2O4S/c1-23-16(22)12-10(7-17)8-24-15-11(14(21)19(12)15)18-13(20)9-5-3-2-4-6-9/h2-6,11,15H,7-8H2,1H3,(H,18,20)/t11-,15+/m1/s1. The number of hydrogen-bond acceptors (Lipinski definition) is 5. The molecule has 2 atom stereocenters. The summed E-state index contributed by atoms with van der Waals surface area (Å²) in [5.41, 5.74) is 1.71. The van der Waals surface area contributed by atoms with Crippen molar-refractivity contribution in [2.45, 2.75) is 11.4 Å². The number of hydrogen-bond donors (Lipinski definition) is 1. The second kappa shape index (κ2) is 7.14. The third-order valence-electron chi connectivity index (χ3n) is 3.91. The Morgan fingerprint density at radius 2 is 2.08 bits per heavy atom. The van der Waals surface area contributed by atoms with Gasteiger partial charge in [0.1, 0.15) is 17.1 Å². The zero-order valence-corrected chi connectivity index (χ0v) is 15.8. The van der Waals surface area contributed by atoms with Gasteiger partial charge in [0.05, 0.1) is 7.11 Å². The molecule has 0 aliphatic carbocycles. The summed E-state index contributed by atoms with van der Waals surface area (Å²) in [6.45, 7) is 0. The van der Waals surface area contributed by atoms with E-state index in [0.29, 0.717) is 21.4 Å². The first kappa shape index (κ1) is 17.3. The van der Waals surface area contributed by atoms with Crippen molar-refractivity contribution in [2.24, 2.45) is 0 Å². The smallest absolute Gasteiger partial charge is 0.354 e. The van der Waals surface area contributed by atoms with Gasteiger partial charge in [0.25, 0.3) is 11.8 Å². The van der Waals surface area contributed by atoms with Crippen molar-refractivity contribution >= 4 is 52.1 Å². The predicted octanol–water partition coefficient (Wildman–Crippen LogP) is 1.56. The van der Waals surface area contributed by atoms with Crippen LogP contribution in [0.2, 0.25) is 0 Å². The number of benzene rings is 1. The van der Waals surface area contributed by atoms with Crippen molar-refractivity contribution in [2.75, 3.05) is 17.3 Å². The lowest BCUT2D eigenvalue weighted by Crippen LogP contribution is -2.70. The average Bonchev–Trinajstić information content (AvgIpc) is 2.64. The molecule has 2 aliphatic rings. The molecular formula is C16H15IN2O4S. The van der Waals surface area contributed by atoms with E-state index >= 15 is 0 Å². The van der Waals surface area contributed by atoms with Gasteiger partial charge in [-0.25, -0.2) is 4.79 Å². The number of ether oxygens (including phenoxy) is 1. The number of rotatable bonds is 4. The maximum atomic E-state index is 12.5. The molecule has 1 N–H and O–H groups in total. The molecule has 126 valence electrons. The van der Waals surface area contributed by atoms with Gasteiger partial charge < -0.3 is 10.1 Å². The molecule has 0 saturated carbocycles. The van der Waals surface area contributed by atoms with E-state index in [-0.39, 0.29) is 17.2 Å². The number of carbonyl (C=O) groups excluding carboxylic acids is 3. The van der Waals surface area contributed by atoms with E-state index in [1.54, 1.807) is 36.0 Å². The molecule has 2 heterocycles. The summed E-state index contributed by atoms with van der Waals surface area (Å²) >= 11 is 3.71. The van der Waals surface area contributed by atoms with Crippen molar-refractivity contribution in [1.29, 1.82) is 0 Å². The van der Waals surface area contributed by atoms with Crippen LogP contribution in [-0.4, -0.2) is 51.4 Å². The fraction of sp³-hybridized carbons (Fsp3) is 0.312. The minimum atomic E-state index is -0.627. The molecular weight excluding hydrogens is 443 g/mol. The van der Waals surface area contributed by atoms with Gasteiger partial charge in [-0.2, -0.15) is 0 Å². The minimum absolute atomic E-state index is 0.272. The van der Waals surface area contributed by atoms with Crippen LogP contribution in [0.15, 0.2) is 41.6 Å². The summed E-state index contributed by atoms with van der Waals surface area (Å²) in [7, 11) is 1.30. The number of fused-ring (bicyclic) bond motifs is 1. The highest BCUT2D eigenvalue weighted by Crippen LogP contribution is 2.41. The maximum Gasteiger partial charge on any atom is 0.354 e. The van der Waals surface area contributed by atoms with E-state index in [2.05, 4.69) is 27.9 Å². The number of nitrogens with one attached hydrogen (secondary N) is 1. The number of alkyl halides is 1. The van der Waals surface area contributed by atoms with E-state index in [9.17, 15) is 14.4 Å². The zero-order valence-electron chi connectivity index (χ0n) is 12.8. The van der Waals surface area contributed by atoms with Gasteiger partial charge in [-0.15, -0.1) is 11.8 Å². The second-order valence-electron chi connectivity index (χ2n) is 5.30. The van der Waals surface area contributed by atoms with Gasteiger partial charge in [-0.1, -0.05) is 40.8 Å². The molecule has 1 aromatic carbocycles. The van der Waals surface area contributed by atoms with Crippen LogP contribution in [0.4, 0.5) is 0 Å². The van der Waals surface area contributed by atoms with Gasteiger partial charge in [-0.3, -0.25) is 14.5 Å². The van der Waals surface area contributed by atoms with E-state index in [0.717, 1.165) is 5.57 Å². The minimum Gasteiger partial charge on any atom is -0.464 e. The molecule has 0 unspecified atom stereocenters. The number of methoxy groups -OCH3 is 1. The van der Waals surface area contributed by atoms with Crippen LogP contribution in [0.1, 0.15) is 10.4 Å². The summed E-state index contributed by atoms with van der Waals surface area (Å²) in [5.74, 6) is -0.440. The van der Waals surface area contributed by atoms with E-state index in [1.807, 2.05) is 6.07 Å². The molecule has 1 saturated heterocycles. The van der Waals surface area contributed by atoms with Gasteiger partial charge >= 0.3 is 5.97 Å². The second-order valence-corrected chi connectivity index (χ2v) is 7.17. The van der Waals surface area contributed by atoms with Crippen LogP contribution in [-0.2, 0) is 14.3 Å². The van der Waals surface area contributed by atoms with Gasteiger partial charge in [-0.05, 0) is 17.7 Å². The Balaban J connectivity index is 1.78. The molecule has 24 heavy (non-hydrogen) atoms. The largest absolute Gasteiger partial charge is 0.464 e. The highest BCUT2D eigenvalue weighted by atomic mass is 127. The fourth-order valence-corrected chi connectivity index (χ4v) is 5.03. The highest BCUT2D eigenvalue weighted by molar-refractivity contribution is 14.1. The third kappa shape index (κ3) is 2.92. The van der Waals surface area contributed by atoms with Gasteiger partial charge in [0.2, 0.25) is 0 Å². The Labute approximate surface area is 157 Å². The number of β-lactam (4-membered cyclic amide) rings is 1. The first-order chi connectivity index (χ1) is 11.6. The summed E-state index contributed by atoms with van der Waals surface area (Å²) in [6, 6.07) is 8.12. The molecule has 8 heteroatoms. The van der Waals surface area contributed by atoms with E-state index < -0.39 is 12.0 Å². The predicted molar refractivity (Wildman–Crippen MR) is 98.7 cm³/mol. The molecule has 1 fully saturated rings. The SMILES string of the molecule is COC(=O)C1=C(CI)CS[C@H]2[C@H](NC(=O)c3ccccc3)C(=O)N12. The fourth-order valence-electron chi connectivity index (χ4n) is 2.69. The lowest BCUT2D eigenvalue weighted by Gasteiger charge is -2.49. The summed E-state index contributed by atoms with van der Waals surface area (Å²) in [4.78, 5) is 38.3. The van der Waals surface area contributed by atoms with Crippen LogP contribution >= 0.6 is 34.4 Å². The number of esters is 1. The Bertz CT molecular complexity index is 722. The van der Waals surface area contributed by atoms with Crippen molar-refractivity contribution < 1.29 is 19.1 Å². The molecule has 0 bridgehead atoms. The molecule has 0 radical (unpaired) electrons. The Morgan fingerprint density at radius 3 is 2.71 bits per heavy atom. The molecule has 1 aromatic rings. The zero-order chi connectivity index (χ0) is 17.3. The number of nitrogens with zero attached hydrogens (tertiary/aromatic N) is 1. The average molecular weight is 458 g/mol. The molecule has 2 amide bonds. The lowest BCUT2D eigenvalue weighted by molar-refractivity contribution is -0.150. The van der Waals surface area contributed by atoms with Crippen LogP contribution < -0.4 is 5.32 Å². The Kier molecular flexibility index (Phi) is 5.14. The summed E-state index contributed by atoms with van der Waals surface area (Å²) in [6.07, 6.45) is 0. The number of thioether (sulfide) groups is 1. The summed E-state index contributed by atoms with van der Waals surface area (Å²) in [5, 5.41) is 2.49. The van der Waals surface area contributed by atoms with Gasteiger partial charge in [0.15, 0.2) is 0 Å². The first-order valence-electron chi connectivity index (χ1n) is 7.25. The van der Waals surface area contributed by atoms with Crippen molar-refractivity contribution in [3.05, 3.63) is 47.2 Å². The topological polar surface area (TPSA) is 75.7 Å². The highest BCUT2D eigenvalue weighted by Gasteiger charge is 2.54. The van der Waals surface area contributed by atoms with E-state index in [1.165, 1.54) is 12.0 Å².